The maximum atomic E-state index is 12.5. The third kappa shape index (κ3) is 48.5. The monoisotopic (exact) mass is 900 g/mol. The molecule has 5 heteroatoms. The molecule has 3 atom stereocenters. The summed E-state index contributed by atoms with van der Waals surface area (Å²) in [5.41, 5.74) is 0. The van der Waals surface area contributed by atoms with Gasteiger partial charge in [0.2, 0.25) is 5.91 Å². The van der Waals surface area contributed by atoms with Gasteiger partial charge in [-0.3, -0.25) is 4.79 Å². The van der Waals surface area contributed by atoms with E-state index in [2.05, 4.69) is 43.5 Å². The molecule has 5 nitrogen and oxygen atoms in total. The molecule has 0 saturated heterocycles. The summed E-state index contributed by atoms with van der Waals surface area (Å²) in [6, 6.07) is -0.818. The summed E-state index contributed by atoms with van der Waals surface area (Å²) in [6.07, 6.45) is 71.2. The van der Waals surface area contributed by atoms with Gasteiger partial charge >= 0.3 is 0 Å². The van der Waals surface area contributed by atoms with Crippen LogP contribution in [0.1, 0.15) is 309 Å². The summed E-state index contributed by atoms with van der Waals surface area (Å²) in [5.74, 6) is -0.514. The van der Waals surface area contributed by atoms with Crippen LogP contribution in [0.15, 0.2) is 36.5 Å². The van der Waals surface area contributed by atoms with Crippen LogP contribution in [0.5, 0.6) is 0 Å². The number of amides is 1. The summed E-state index contributed by atoms with van der Waals surface area (Å²) in [7, 11) is 0. The zero-order chi connectivity index (χ0) is 46.5. The van der Waals surface area contributed by atoms with E-state index in [1.54, 1.807) is 6.08 Å². The van der Waals surface area contributed by atoms with E-state index < -0.39 is 24.2 Å². The van der Waals surface area contributed by atoms with Crippen LogP contribution in [0.4, 0.5) is 0 Å². The van der Waals surface area contributed by atoms with Gasteiger partial charge in [0.1, 0.15) is 6.10 Å². The van der Waals surface area contributed by atoms with Crippen LogP contribution in [0.3, 0.4) is 0 Å². The zero-order valence-corrected chi connectivity index (χ0v) is 43.2. The first-order valence-corrected chi connectivity index (χ1v) is 28.8. The van der Waals surface area contributed by atoms with Crippen LogP contribution < -0.4 is 5.32 Å². The molecule has 0 aromatic heterocycles. The van der Waals surface area contributed by atoms with Crippen LogP contribution in [0, 0.1) is 0 Å². The zero-order valence-electron chi connectivity index (χ0n) is 43.2. The van der Waals surface area contributed by atoms with Gasteiger partial charge in [-0.25, -0.2) is 0 Å². The highest BCUT2D eigenvalue weighted by Gasteiger charge is 2.22. The lowest BCUT2D eigenvalue weighted by Gasteiger charge is -2.21. The fourth-order valence-corrected chi connectivity index (χ4v) is 8.97. The van der Waals surface area contributed by atoms with Crippen molar-refractivity contribution in [3.05, 3.63) is 36.5 Å². The first-order chi connectivity index (χ1) is 31.6. The van der Waals surface area contributed by atoms with E-state index in [9.17, 15) is 20.1 Å². The minimum absolute atomic E-state index is 0.380. The molecule has 0 rings (SSSR count). The van der Waals surface area contributed by atoms with Crippen molar-refractivity contribution in [2.24, 2.45) is 0 Å². The van der Waals surface area contributed by atoms with Gasteiger partial charge in [-0.05, 0) is 38.5 Å². The summed E-state index contributed by atoms with van der Waals surface area (Å²) < 4.78 is 0. The number of hydrogen-bond donors (Lipinski definition) is 4. The molecule has 0 saturated carbocycles. The Morgan fingerprint density at radius 1 is 0.375 bits per heavy atom. The van der Waals surface area contributed by atoms with Gasteiger partial charge in [-0.2, -0.15) is 0 Å². The summed E-state index contributed by atoms with van der Waals surface area (Å²) in [4.78, 5) is 12.5. The molecule has 0 aliphatic carbocycles. The lowest BCUT2D eigenvalue weighted by atomic mass is 10.0. The lowest BCUT2D eigenvalue weighted by molar-refractivity contribution is -0.131. The van der Waals surface area contributed by atoms with Crippen LogP contribution in [0.25, 0.3) is 0 Å². The molecule has 0 fully saturated rings. The summed E-state index contributed by atoms with van der Waals surface area (Å²) in [5, 5.41) is 33.2. The van der Waals surface area contributed by atoms with Crippen molar-refractivity contribution in [1.82, 2.24) is 5.32 Å². The predicted octanol–water partition coefficient (Wildman–Crippen LogP) is 17.8. The van der Waals surface area contributed by atoms with E-state index in [4.69, 9.17) is 0 Å². The Balaban J connectivity index is 3.42. The normalized spacial score (nSPS) is 13.5. The SMILES string of the molecule is CCCC/C=C/CC/C=C/CC/C=C/C(O)C(CO)NC(=O)C(O)CCCCCCCCCCCCCCCCCCCCCCCCCCCCCCCCCCCCCCCC. The molecule has 3 unspecified atom stereocenters. The Morgan fingerprint density at radius 3 is 0.938 bits per heavy atom. The fraction of sp³-hybridized carbons (Fsp3) is 0.881. The van der Waals surface area contributed by atoms with E-state index in [0.29, 0.717) is 6.42 Å². The third-order valence-corrected chi connectivity index (χ3v) is 13.5. The second-order valence-electron chi connectivity index (χ2n) is 19.8. The number of allylic oxidation sites excluding steroid dienone is 5. The van der Waals surface area contributed by atoms with Crippen molar-refractivity contribution in [1.29, 1.82) is 0 Å². The van der Waals surface area contributed by atoms with E-state index in [1.807, 2.05) is 6.08 Å². The number of aliphatic hydroxyl groups is 3. The van der Waals surface area contributed by atoms with Gasteiger partial charge in [0, 0.05) is 0 Å². The Bertz CT molecular complexity index is 993. The smallest absolute Gasteiger partial charge is 0.249 e. The molecule has 0 bridgehead atoms. The predicted molar refractivity (Wildman–Crippen MR) is 282 cm³/mol. The number of carbonyl (C=O) groups excluding carboxylic acids is 1. The van der Waals surface area contributed by atoms with Crippen molar-refractivity contribution < 1.29 is 20.1 Å². The van der Waals surface area contributed by atoms with E-state index in [0.717, 1.165) is 44.9 Å². The minimum atomic E-state index is -1.11. The Labute approximate surface area is 400 Å². The van der Waals surface area contributed by atoms with E-state index >= 15 is 0 Å². The first-order valence-electron chi connectivity index (χ1n) is 28.8. The molecule has 64 heavy (non-hydrogen) atoms. The second kappa shape index (κ2) is 54.2. The number of aliphatic hydroxyl groups excluding tert-OH is 3. The molecule has 0 aliphatic rings. The minimum Gasteiger partial charge on any atom is -0.394 e. The van der Waals surface area contributed by atoms with Crippen LogP contribution in [0.2, 0.25) is 0 Å². The number of rotatable bonds is 53. The van der Waals surface area contributed by atoms with Gasteiger partial charge < -0.3 is 20.6 Å². The molecule has 0 spiro atoms. The van der Waals surface area contributed by atoms with Crippen LogP contribution in [-0.2, 0) is 4.79 Å². The van der Waals surface area contributed by atoms with Gasteiger partial charge in [0.15, 0.2) is 0 Å². The molecule has 378 valence electrons. The van der Waals surface area contributed by atoms with Crippen molar-refractivity contribution >= 4 is 5.91 Å². The van der Waals surface area contributed by atoms with Crippen molar-refractivity contribution in [3.8, 4) is 0 Å². The maximum absolute atomic E-state index is 12.5. The molecule has 0 heterocycles. The van der Waals surface area contributed by atoms with E-state index in [-0.39, 0.29) is 6.61 Å². The molecule has 0 aromatic rings. The Kier molecular flexibility index (Phi) is 53.0. The number of nitrogens with one attached hydrogen (secondary N) is 1. The Morgan fingerprint density at radius 2 is 0.641 bits per heavy atom. The quantitative estimate of drug-likeness (QED) is 0.0362. The lowest BCUT2D eigenvalue weighted by Crippen LogP contribution is -2.48. The first kappa shape index (κ1) is 62.6. The summed E-state index contributed by atoms with van der Waals surface area (Å²) >= 11 is 0. The highest BCUT2D eigenvalue weighted by Crippen LogP contribution is 2.18. The largest absolute Gasteiger partial charge is 0.394 e. The van der Waals surface area contributed by atoms with Crippen molar-refractivity contribution in [2.75, 3.05) is 6.61 Å². The number of unbranched alkanes of at least 4 members (excludes halogenated alkanes) is 41. The number of hydrogen-bond acceptors (Lipinski definition) is 4. The van der Waals surface area contributed by atoms with Crippen LogP contribution in [-0.4, -0.2) is 46.1 Å². The Hall–Kier alpha value is -1.43. The van der Waals surface area contributed by atoms with Gasteiger partial charge in [0.05, 0.1) is 18.8 Å². The average molecular weight is 901 g/mol. The van der Waals surface area contributed by atoms with Gasteiger partial charge in [-0.1, -0.05) is 307 Å². The molecule has 1 amide bonds. The molecular formula is C59H113NO4. The van der Waals surface area contributed by atoms with Crippen molar-refractivity contribution in [2.45, 2.75) is 327 Å². The molecule has 0 aliphatic heterocycles. The highest BCUT2D eigenvalue weighted by molar-refractivity contribution is 5.80. The average Bonchev–Trinajstić information content (AvgIpc) is 3.30. The van der Waals surface area contributed by atoms with Gasteiger partial charge in [0.25, 0.3) is 0 Å². The second-order valence-corrected chi connectivity index (χ2v) is 19.8. The third-order valence-electron chi connectivity index (χ3n) is 13.5. The number of carbonyl (C=O) groups is 1. The maximum Gasteiger partial charge on any atom is 0.249 e. The van der Waals surface area contributed by atoms with E-state index in [1.165, 1.54) is 244 Å². The molecule has 0 aromatic carbocycles. The molecule has 4 N–H and O–H groups in total. The molecular weight excluding hydrogens is 787 g/mol. The topological polar surface area (TPSA) is 89.8 Å². The highest BCUT2D eigenvalue weighted by atomic mass is 16.3. The van der Waals surface area contributed by atoms with Crippen molar-refractivity contribution in [3.63, 3.8) is 0 Å². The van der Waals surface area contributed by atoms with Crippen LogP contribution >= 0.6 is 0 Å². The molecule has 0 radical (unpaired) electrons. The fourth-order valence-electron chi connectivity index (χ4n) is 8.97. The summed E-state index contributed by atoms with van der Waals surface area (Å²) in [6.45, 7) is 4.14. The standard InChI is InChI=1S/C59H113NO4/c1-3-5-7-9-11-13-15-17-18-19-20-21-22-23-24-25-26-27-28-29-30-31-32-33-34-35-36-37-38-39-40-41-42-44-46-48-50-52-54-58(63)59(64)60-56(55-61)57(62)53-51-49-47-45-43-16-14-12-10-8-6-4-2/h10,12,43,45,51,53,56-58,61-63H,3-9,11,13-42,44,46-50,52,54-55H2,1-2H3,(H,60,64)/b12-10+,45-43+,53-51+. The van der Waals surface area contributed by atoms with Gasteiger partial charge in [-0.15, -0.1) is 0 Å².